The first-order valence-corrected chi connectivity index (χ1v) is 5.05. The smallest absolute Gasteiger partial charge is 0.260 e. The van der Waals surface area contributed by atoms with Crippen LogP contribution in [0.25, 0.3) is 0 Å². The monoisotopic (exact) mass is 283 g/mol. The molecule has 78 valence electrons. The van der Waals surface area contributed by atoms with Crippen LogP contribution < -0.4 is 5.73 Å². The second-order valence-electron chi connectivity index (χ2n) is 3.21. The van der Waals surface area contributed by atoms with Gasteiger partial charge < -0.3 is 5.73 Å². The molecule has 1 atom stereocenters. The molecule has 0 aliphatic heterocycles. The number of benzene rings is 1. The molecular formula is C9H9BrClF2N. The SMILES string of the molecule is CC(N)(c1cc(Cl)ccc1Br)C(F)F. The van der Waals surface area contributed by atoms with Gasteiger partial charge in [-0.15, -0.1) is 0 Å². The summed E-state index contributed by atoms with van der Waals surface area (Å²) in [6.45, 7) is 1.27. The molecular weight excluding hydrogens is 275 g/mol. The van der Waals surface area contributed by atoms with Crippen molar-refractivity contribution >= 4 is 27.5 Å². The summed E-state index contributed by atoms with van der Waals surface area (Å²) >= 11 is 8.87. The summed E-state index contributed by atoms with van der Waals surface area (Å²) in [6.07, 6.45) is -2.64. The molecule has 0 heterocycles. The minimum absolute atomic E-state index is 0.306. The van der Waals surface area contributed by atoms with Crippen LogP contribution in [0.3, 0.4) is 0 Å². The highest BCUT2D eigenvalue weighted by Gasteiger charge is 2.34. The highest BCUT2D eigenvalue weighted by molar-refractivity contribution is 9.10. The summed E-state index contributed by atoms with van der Waals surface area (Å²) in [5, 5.41) is 0.389. The molecule has 0 aliphatic carbocycles. The van der Waals surface area contributed by atoms with Crippen molar-refractivity contribution in [2.45, 2.75) is 18.9 Å². The van der Waals surface area contributed by atoms with E-state index in [4.69, 9.17) is 17.3 Å². The molecule has 14 heavy (non-hydrogen) atoms. The topological polar surface area (TPSA) is 26.0 Å². The van der Waals surface area contributed by atoms with Crippen molar-refractivity contribution in [3.8, 4) is 0 Å². The lowest BCUT2D eigenvalue weighted by Crippen LogP contribution is -2.40. The van der Waals surface area contributed by atoms with Gasteiger partial charge in [-0.1, -0.05) is 27.5 Å². The van der Waals surface area contributed by atoms with E-state index >= 15 is 0 Å². The second-order valence-corrected chi connectivity index (χ2v) is 4.50. The first kappa shape index (κ1) is 11.9. The fourth-order valence-corrected chi connectivity index (χ4v) is 1.87. The maximum Gasteiger partial charge on any atom is 0.260 e. The van der Waals surface area contributed by atoms with E-state index in [0.29, 0.717) is 15.1 Å². The Labute approximate surface area is 94.4 Å². The standard InChI is InChI=1S/C9H9BrClF2N/c1-9(14,8(12)13)6-4-5(11)2-3-7(6)10/h2-4,8H,14H2,1H3. The van der Waals surface area contributed by atoms with Crippen LogP contribution in [0.4, 0.5) is 8.78 Å². The second kappa shape index (κ2) is 4.13. The minimum atomic E-state index is -2.64. The van der Waals surface area contributed by atoms with Crippen molar-refractivity contribution in [2.24, 2.45) is 5.73 Å². The van der Waals surface area contributed by atoms with E-state index in [0.717, 1.165) is 0 Å². The van der Waals surface area contributed by atoms with E-state index in [9.17, 15) is 8.78 Å². The van der Waals surface area contributed by atoms with E-state index in [1.807, 2.05) is 0 Å². The van der Waals surface area contributed by atoms with Crippen molar-refractivity contribution < 1.29 is 8.78 Å². The van der Waals surface area contributed by atoms with Crippen molar-refractivity contribution in [3.05, 3.63) is 33.3 Å². The molecule has 1 unspecified atom stereocenters. The Morgan fingerprint density at radius 3 is 2.57 bits per heavy atom. The van der Waals surface area contributed by atoms with Crippen LogP contribution in [0.2, 0.25) is 5.02 Å². The zero-order chi connectivity index (χ0) is 10.9. The summed E-state index contributed by atoms with van der Waals surface area (Å²) in [4.78, 5) is 0. The summed E-state index contributed by atoms with van der Waals surface area (Å²) < 4.78 is 25.8. The zero-order valence-corrected chi connectivity index (χ0v) is 9.74. The molecule has 0 radical (unpaired) electrons. The maximum atomic E-state index is 12.6. The van der Waals surface area contributed by atoms with Gasteiger partial charge >= 0.3 is 0 Å². The van der Waals surface area contributed by atoms with E-state index < -0.39 is 12.0 Å². The molecule has 1 aromatic rings. The quantitative estimate of drug-likeness (QED) is 0.883. The number of hydrogen-bond donors (Lipinski definition) is 1. The van der Waals surface area contributed by atoms with Crippen molar-refractivity contribution in [3.63, 3.8) is 0 Å². The van der Waals surface area contributed by atoms with Gasteiger partial charge in [0.15, 0.2) is 0 Å². The third-order valence-electron chi connectivity index (χ3n) is 1.96. The summed E-state index contributed by atoms with van der Waals surface area (Å²) in [5.41, 5.74) is 4.13. The largest absolute Gasteiger partial charge is 0.317 e. The third-order valence-corrected chi connectivity index (χ3v) is 2.89. The molecule has 5 heteroatoms. The van der Waals surface area contributed by atoms with Crippen LogP contribution in [-0.4, -0.2) is 6.43 Å². The molecule has 1 aromatic carbocycles. The minimum Gasteiger partial charge on any atom is -0.317 e. The Morgan fingerprint density at radius 1 is 1.50 bits per heavy atom. The predicted octanol–water partition coefficient (Wildman–Crippen LogP) is 3.54. The Hall–Kier alpha value is -0.190. The van der Waals surface area contributed by atoms with Crippen LogP contribution in [-0.2, 0) is 5.54 Å². The molecule has 0 saturated heterocycles. The highest BCUT2D eigenvalue weighted by Crippen LogP contribution is 2.32. The summed E-state index contributed by atoms with van der Waals surface area (Å²) in [6, 6.07) is 4.65. The van der Waals surface area contributed by atoms with Gasteiger partial charge in [0.1, 0.15) is 5.54 Å². The molecule has 0 spiro atoms. The molecule has 1 rings (SSSR count). The lowest BCUT2D eigenvalue weighted by atomic mass is 9.94. The van der Waals surface area contributed by atoms with Crippen LogP contribution in [0.15, 0.2) is 22.7 Å². The van der Waals surface area contributed by atoms with E-state index in [1.54, 1.807) is 12.1 Å². The lowest BCUT2D eigenvalue weighted by Gasteiger charge is -2.25. The Kier molecular flexibility index (Phi) is 3.50. The van der Waals surface area contributed by atoms with Crippen LogP contribution in [0.1, 0.15) is 12.5 Å². The van der Waals surface area contributed by atoms with Gasteiger partial charge in [0.25, 0.3) is 6.43 Å². The van der Waals surface area contributed by atoms with E-state index in [1.165, 1.54) is 13.0 Å². The average molecular weight is 285 g/mol. The van der Waals surface area contributed by atoms with Gasteiger partial charge in [-0.25, -0.2) is 8.78 Å². The highest BCUT2D eigenvalue weighted by atomic mass is 79.9. The molecule has 0 aromatic heterocycles. The fourth-order valence-electron chi connectivity index (χ4n) is 1.03. The van der Waals surface area contributed by atoms with Crippen LogP contribution >= 0.6 is 27.5 Å². The maximum absolute atomic E-state index is 12.6. The molecule has 0 saturated carbocycles. The zero-order valence-electron chi connectivity index (χ0n) is 7.40. The van der Waals surface area contributed by atoms with Crippen LogP contribution in [0.5, 0.6) is 0 Å². The van der Waals surface area contributed by atoms with Gasteiger partial charge in [-0.2, -0.15) is 0 Å². The molecule has 1 nitrogen and oxygen atoms in total. The Morgan fingerprint density at radius 2 is 2.07 bits per heavy atom. The Balaban J connectivity index is 3.24. The molecule has 0 amide bonds. The lowest BCUT2D eigenvalue weighted by molar-refractivity contribution is 0.0621. The van der Waals surface area contributed by atoms with E-state index in [2.05, 4.69) is 15.9 Å². The Bertz CT molecular complexity index is 342. The number of rotatable bonds is 2. The van der Waals surface area contributed by atoms with Crippen molar-refractivity contribution in [1.29, 1.82) is 0 Å². The van der Waals surface area contributed by atoms with Gasteiger partial charge in [0.2, 0.25) is 0 Å². The summed E-state index contributed by atoms with van der Waals surface area (Å²) in [5.74, 6) is 0. The van der Waals surface area contributed by atoms with Crippen molar-refractivity contribution in [2.75, 3.05) is 0 Å². The molecule has 2 N–H and O–H groups in total. The van der Waals surface area contributed by atoms with Crippen molar-refractivity contribution in [1.82, 2.24) is 0 Å². The molecule has 0 bridgehead atoms. The van der Waals surface area contributed by atoms with Gasteiger partial charge in [-0.05, 0) is 30.7 Å². The van der Waals surface area contributed by atoms with Crippen LogP contribution in [0, 0.1) is 0 Å². The van der Waals surface area contributed by atoms with E-state index in [-0.39, 0.29) is 0 Å². The average Bonchev–Trinajstić information content (AvgIpc) is 2.08. The first-order valence-electron chi connectivity index (χ1n) is 3.88. The van der Waals surface area contributed by atoms with Gasteiger partial charge in [-0.3, -0.25) is 0 Å². The van der Waals surface area contributed by atoms with Gasteiger partial charge in [0.05, 0.1) is 0 Å². The first-order chi connectivity index (χ1) is 6.35. The number of nitrogens with two attached hydrogens (primary N) is 1. The van der Waals surface area contributed by atoms with Gasteiger partial charge in [0, 0.05) is 9.50 Å². The predicted molar refractivity (Wildman–Crippen MR) is 56.7 cm³/mol. The molecule has 0 fully saturated rings. The number of alkyl halides is 2. The fraction of sp³-hybridized carbons (Fsp3) is 0.333. The molecule has 0 aliphatic rings. The normalized spacial score (nSPS) is 15.6. The third kappa shape index (κ3) is 2.24. The number of halogens is 4. The number of hydrogen-bond acceptors (Lipinski definition) is 1. The summed E-state index contributed by atoms with van der Waals surface area (Å²) in [7, 11) is 0.